The number of piperidine rings is 1. The first kappa shape index (κ1) is 35.9. The number of carbonyl (C=O) groups is 3. The summed E-state index contributed by atoms with van der Waals surface area (Å²) in [5, 5.41) is 16.5. The van der Waals surface area contributed by atoms with Crippen molar-refractivity contribution >= 4 is 28.9 Å². The average molecular weight is 627 g/mol. The van der Waals surface area contributed by atoms with E-state index in [2.05, 4.69) is 41.2 Å². The van der Waals surface area contributed by atoms with Crippen LogP contribution in [0.15, 0.2) is 35.7 Å². The number of amides is 2. The Bertz CT molecular complexity index is 1200. The van der Waals surface area contributed by atoms with Crippen LogP contribution in [0.5, 0.6) is 0 Å². The summed E-state index contributed by atoms with van der Waals surface area (Å²) in [5.41, 5.74) is 1.47. The van der Waals surface area contributed by atoms with Gasteiger partial charge in [0.15, 0.2) is 5.78 Å². The zero-order valence-electron chi connectivity index (χ0n) is 27.8. The summed E-state index contributed by atoms with van der Waals surface area (Å²) < 4.78 is 0. The lowest BCUT2D eigenvalue weighted by atomic mass is 9.89. The minimum atomic E-state index is -0.919. The molecule has 0 unspecified atom stereocenters. The molecule has 1 saturated heterocycles. The van der Waals surface area contributed by atoms with Crippen molar-refractivity contribution in [2.24, 2.45) is 17.8 Å². The van der Waals surface area contributed by atoms with Crippen LogP contribution in [0.25, 0.3) is 0 Å². The Hall–Kier alpha value is -2.62. The van der Waals surface area contributed by atoms with Crippen molar-refractivity contribution in [2.45, 2.75) is 110 Å². The van der Waals surface area contributed by atoms with E-state index in [4.69, 9.17) is 0 Å². The van der Waals surface area contributed by atoms with Crippen LogP contribution in [0.1, 0.15) is 107 Å². The van der Waals surface area contributed by atoms with Crippen LogP contribution in [0.3, 0.4) is 0 Å². The fourth-order valence-electron chi connectivity index (χ4n) is 6.39. The van der Waals surface area contributed by atoms with Crippen LogP contribution < -0.4 is 5.32 Å². The number of aromatic nitrogens is 1. The molecule has 1 fully saturated rings. The Kier molecular flexibility index (Phi) is 14.0. The highest BCUT2D eigenvalue weighted by molar-refractivity contribution is 7.09. The third-order valence-electron chi connectivity index (χ3n) is 8.97. The van der Waals surface area contributed by atoms with Gasteiger partial charge in [0.05, 0.1) is 6.04 Å². The number of ketones is 1. The highest BCUT2D eigenvalue weighted by atomic mass is 32.1. The Labute approximate surface area is 268 Å². The van der Waals surface area contributed by atoms with Crippen LogP contribution in [-0.4, -0.2) is 76.3 Å². The molecule has 2 N–H and O–H groups in total. The number of rotatable bonds is 16. The van der Waals surface area contributed by atoms with E-state index >= 15 is 0 Å². The van der Waals surface area contributed by atoms with E-state index in [1.807, 2.05) is 46.0 Å². The zero-order valence-corrected chi connectivity index (χ0v) is 28.6. The van der Waals surface area contributed by atoms with Gasteiger partial charge in [0.2, 0.25) is 5.91 Å². The van der Waals surface area contributed by atoms with Gasteiger partial charge in [-0.15, -0.1) is 11.3 Å². The maximum Gasteiger partial charge on any atom is 0.270 e. The molecule has 1 aliphatic heterocycles. The zero-order chi connectivity index (χ0) is 32.4. The molecule has 2 heterocycles. The summed E-state index contributed by atoms with van der Waals surface area (Å²) in [4.78, 5) is 48.4. The molecular formula is C35H54N4O4S. The number of Topliss-reactive ketones (excluding diaryl/α,β-unsaturated/α-hetero) is 1. The fourth-order valence-corrected chi connectivity index (χ4v) is 7.19. The van der Waals surface area contributed by atoms with Crippen molar-refractivity contribution in [1.82, 2.24) is 20.1 Å². The summed E-state index contributed by atoms with van der Waals surface area (Å²) in [6.45, 7) is 11.2. The van der Waals surface area contributed by atoms with E-state index in [9.17, 15) is 19.5 Å². The van der Waals surface area contributed by atoms with Gasteiger partial charge in [-0.25, -0.2) is 4.98 Å². The number of nitrogens with one attached hydrogen (secondary N) is 1. The molecule has 44 heavy (non-hydrogen) atoms. The number of carbonyl (C=O) groups excluding carboxylic acids is 3. The second kappa shape index (κ2) is 17.2. The standard InChI is InChI=1S/C35H54N4O4S/c1-8-26(20-31(40)29-16-12-13-17-38(29)6)35(43)39(7)30(24(4)5)21-32(41)34-37-28(22-44-34)33(42)36-27(18-23(2)3)19-25-14-10-9-11-15-25/h9-11,14-15,22-24,26-27,29-30,32,41H,8,12-13,16-21H2,1-7H3,(H,36,42)/t26-,27-,29-,30-,32-/m1/s1. The Morgan fingerprint density at radius 3 is 2.43 bits per heavy atom. The number of benzene rings is 1. The highest BCUT2D eigenvalue weighted by Crippen LogP contribution is 2.29. The van der Waals surface area contributed by atoms with E-state index in [1.165, 1.54) is 16.9 Å². The molecule has 1 aromatic heterocycles. The maximum atomic E-state index is 13.7. The third-order valence-corrected chi connectivity index (χ3v) is 9.91. The number of aliphatic hydroxyl groups is 1. The van der Waals surface area contributed by atoms with Gasteiger partial charge in [0, 0.05) is 43.3 Å². The van der Waals surface area contributed by atoms with Crippen molar-refractivity contribution in [3.63, 3.8) is 0 Å². The quantitative estimate of drug-likeness (QED) is 0.240. The summed E-state index contributed by atoms with van der Waals surface area (Å²) >= 11 is 1.27. The first-order valence-corrected chi connectivity index (χ1v) is 17.3. The smallest absolute Gasteiger partial charge is 0.270 e. The van der Waals surface area contributed by atoms with Gasteiger partial charge in [-0.1, -0.05) is 71.4 Å². The van der Waals surface area contributed by atoms with Crippen LogP contribution >= 0.6 is 11.3 Å². The number of thiazole rings is 1. The monoisotopic (exact) mass is 626 g/mol. The Morgan fingerprint density at radius 1 is 1.11 bits per heavy atom. The molecule has 1 aliphatic rings. The van der Waals surface area contributed by atoms with Gasteiger partial charge in [0.25, 0.3) is 5.91 Å². The first-order valence-electron chi connectivity index (χ1n) is 16.4. The van der Waals surface area contributed by atoms with Crippen molar-refractivity contribution in [3.05, 3.63) is 52.0 Å². The second-order valence-corrected chi connectivity index (χ2v) is 14.2. The van der Waals surface area contributed by atoms with Crippen LogP contribution in [0.4, 0.5) is 0 Å². The minimum Gasteiger partial charge on any atom is -0.386 e. The lowest BCUT2D eigenvalue weighted by Gasteiger charge is -2.36. The van der Waals surface area contributed by atoms with E-state index < -0.39 is 6.10 Å². The van der Waals surface area contributed by atoms with E-state index in [1.54, 1.807) is 17.3 Å². The summed E-state index contributed by atoms with van der Waals surface area (Å²) in [5.74, 6) is -0.0367. The SMILES string of the molecule is CC[C@H](CC(=O)[C@H]1CCCCN1C)C(=O)N(C)[C@H](C[C@@H](O)c1nc(C(=O)N[C@@H](Cc2ccccc2)CC(C)C)cs1)C(C)C. The minimum absolute atomic E-state index is 0.0261. The average Bonchev–Trinajstić information content (AvgIpc) is 3.49. The number of nitrogens with zero attached hydrogens (tertiary/aromatic N) is 3. The molecule has 0 aliphatic carbocycles. The molecule has 0 radical (unpaired) electrons. The number of aliphatic hydroxyl groups excluding tert-OH is 1. The molecule has 2 amide bonds. The topological polar surface area (TPSA) is 103 Å². The molecule has 244 valence electrons. The summed E-state index contributed by atoms with van der Waals surface area (Å²) in [6.07, 6.45) is 4.81. The lowest BCUT2D eigenvalue weighted by molar-refractivity contribution is -0.141. The van der Waals surface area contributed by atoms with Crippen LogP contribution in [0.2, 0.25) is 0 Å². The van der Waals surface area contributed by atoms with Crippen molar-refractivity contribution < 1.29 is 19.5 Å². The number of hydrogen-bond donors (Lipinski definition) is 2. The van der Waals surface area contributed by atoms with Gasteiger partial charge in [-0.2, -0.15) is 0 Å². The normalized spacial score (nSPS) is 18.5. The summed E-state index contributed by atoms with van der Waals surface area (Å²) in [7, 11) is 3.77. The van der Waals surface area contributed by atoms with E-state index in [-0.39, 0.29) is 54.0 Å². The van der Waals surface area contributed by atoms with E-state index in [0.29, 0.717) is 29.5 Å². The highest BCUT2D eigenvalue weighted by Gasteiger charge is 2.34. The molecular weight excluding hydrogens is 572 g/mol. The molecule has 2 aromatic rings. The fraction of sp³-hybridized carbons (Fsp3) is 0.657. The van der Waals surface area contributed by atoms with Crippen LogP contribution in [-0.2, 0) is 16.0 Å². The largest absolute Gasteiger partial charge is 0.386 e. The molecule has 3 rings (SSSR count). The number of likely N-dealkylation sites (N-methyl/N-ethyl adjacent to an activating group) is 1. The van der Waals surface area contributed by atoms with Gasteiger partial charge in [0.1, 0.15) is 16.8 Å². The molecule has 0 saturated carbocycles. The van der Waals surface area contributed by atoms with Crippen molar-refractivity contribution in [2.75, 3.05) is 20.6 Å². The van der Waals surface area contributed by atoms with Crippen molar-refractivity contribution in [3.8, 4) is 0 Å². The number of likely N-dealkylation sites (tertiary alicyclic amines) is 1. The van der Waals surface area contributed by atoms with Gasteiger partial charge in [-0.05, 0) is 63.1 Å². The second-order valence-electron chi connectivity index (χ2n) is 13.3. The molecule has 1 aromatic carbocycles. The summed E-state index contributed by atoms with van der Waals surface area (Å²) in [6, 6.07) is 9.76. The maximum absolute atomic E-state index is 13.7. The van der Waals surface area contributed by atoms with E-state index in [0.717, 1.165) is 38.6 Å². The third kappa shape index (κ3) is 10.2. The lowest BCUT2D eigenvalue weighted by Crippen LogP contribution is -2.46. The molecule has 8 nitrogen and oxygen atoms in total. The molecule has 5 atom stereocenters. The van der Waals surface area contributed by atoms with Crippen LogP contribution in [0, 0.1) is 17.8 Å². The van der Waals surface area contributed by atoms with Gasteiger partial charge in [-0.3, -0.25) is 19.3 Å². The van der Waals surface area contributed by atoms with Crippen molar-refractivity contribution in [1.29, 1.82) is 0 Å². The number of hydrogen-bond acceptors (Lipinski definition) is 7. The predicted molar refractivity (Wildman–Crippen MR) is 178 cm³/mol. The Morgan fingerprint density at radius 2 is 1.82 bits per heavy atom. The molecule has 0 bridgehead atoms. The van der Waals surface area contributed by atoms with Gasteiger partial charge >= 0.3 is 0 Å². The predicted octanol–water partition coefficient (Wildman–Crippen LogP) is 5.91. The molecule has 9 heteroatoms. The van der Waals surface area contributed by atoms with Gasteiger partial charge < -0.3 is 15.3 Å². The first-order chi connectivity index (χ1) is 20.9. The Balaban J connectivity index is 1.64. The molecule has 0 spiro atoms.